The molecule has 0 spiro atoms. The molecule has 1 aromatic carbocycles. The quantitative estimate of drug-likeness (QED) is 0.725. The molecule has 0 aliphatic heterocycles. The lowest BCUT2D eigenvalue weighted by molar-refractivity contribution is -0.142. The molecule has 0 fully saturated rings. The minimum absolute atomic E-state index is 0.216. The number of hydrogen-bond acceptors (Lipinski definition) is 2. The van der Waals surface area contributed by atoms with E-state index in [0.29, 0.717) is 6.61 Å². The van der Waals surface area contributed by atoms with Crippen molar-refractivity contribution in [3.8, 4) is 0 Å². The maximum atomic E-state index is 10.1. The second-order valence-electron chi connectivity index (χ2n) is 3.19. The van der Waals surface area contributed by atoms with Crippen molar-refractivity contribution in [3.05, 3.63) is 35.4 Å². The third kappa shape index (κ3) is 4.05. The van der Waals surface area contributed by atoms with E-state index in [-0.39, 0.29) is 6.61 Å². The summed E-state index contributed by atoms with van der Waals surface area (Å²) in [7, 11) is 0. The number of hydrogen-bond donors (Lipinski definition) is 1. The predicted octanol–water partition coefficient (Wildman–Crippen LogP) is 1.64. The minimum atomic E-state index is -0.922. The summed E-state index contributed by atoms with van der Waals surface area (Å²) >= 11 is 0. The van der Waals surface area contributed by atoms with Crippen LogP contribution in [0.5, 0.6) is 0 Å². The summed E-state index contributed by atoms with van der Waals surface area (Å²) < 4.78 is 4.94. The molecule has 14 heavy (non-hydrogen) atoms. The Morgan fingerprint density at radius 1 is 1.50 bits per heavy atom. The zero-order valence-electron chi connectivity index (χ0n) is 8.19. The molecule has 1 rings (SSSR count). The molecule has 0 saturated heterocycles. The number of ether oxygens (including phenoxy) is 1. The zero-order chi connectivity index (χ0) is 10.4. The van der Waals surface area contributed by atoms with Crippen LogP contribution in [0.2, 0.25) is 0 Å². The molecule has 1 N–H and O–H groups in total. The molecule has 3 heteroatoms. The van der Waals surface area contributed by atoms with Crippen LogP contribution >= 0.6 is 0 Å². The summed E-state index contributed by atoms with van der Waals surface area (Å²) in [5.41, 5.74) is 2.39. The number of benzene rings is 1. The summed E-state index contributed by atoms with van der Waals surface area (Å²) in [4.78, 5) is 10.1. The Morgan fingerprint density at radius 2 is 2.29 bits per heavy atom. The van der Waals surface area contributed by atoms with Crippen molar-refractivity contribution in [2.45, 2.75) is 13.3 Å². The number of carbonyl (C=O) groups is 1. The third-order valence-electron chi connectivity index (χ3n) is 1.84. The Hall–Kier alpha value is -1.35. The van der Waals surface area contributed by atoms with Crippen molar-refractivity contribution in [1.29, 1.82) is 0 Å². The van der Waals surface area contributed by atoms with Crippen LogP contribution in [0.25, 0.3) is 0 Å². The van der Waals surface area contributed by atoms with E-state index < -0.39 is 5.97 Å². The van der Waals surface area contributed by atoms with Crippen molar-refractivity contribution < 1.29 is 14.6 Å². The van der Waals surface area contributed by atoms with Gasteiger partial charge >= 0.3 is 5.97 Å². The van der Waals surface area contributed by atoms with E-state index in [1.807, 2.05) is 25.1 Å². The van der Waals surface area contributed by atoms with Crippen LogP contribution in [0, 0.1) is 6.92 Å². The summed E-state index contributed by atoms with van der Waals surface area (Å²) in [6, 6.07) is 8.10. The Morgan fingerprint density at radius 3 is 2.93 bits per heavy atom. The van der Waals surface area contributed by atoms with Crippen LogP contribution in [-0.2, 0) is 16.0 Å². The van der Waals surface area contributed by atoms with Crippen LogP contribution in [0.1, 0.15) is 11.1 Å². The van der Waals surface area contributed by atoms with E-state index in [2.05, 4.69) is 6.07 Å². The molecular formula is C11H14O3. The Bertz CT molecular complexity index is 307. The van der Waals surface area contributed by atoms with Gasteiger partial charge in [0, 0.05) is 0 Å². The first-order valence-electron chi connectivity index (χ1n) is 4.53. The zero-order valence-corrected chi connectivity index (χ0v) is 8.19. The molecule has 3 nitrogen and oxygen atoms in total. The van der Waals surface area contributed by atoms with Gasteiger partial charge in [-0.1, -0.05) is 29.8 Å². The molecule has 0 bridgehead atoms. The molecule has 0 heterocycles. The highest BCUT2D eigenvalue weighted by Gasteiger charge is 1.97. The number of aliphatic carboxylic acids is 1. The SMILES string of the molecule is Cc1cccc(CCOCC(=O)O)c1. The van der Waals surface area contributed by atoms with Gasteiger partial charge in [0.2, 0.25) is 0 Å². The molecule has 0 aromatic heterocycles. The van der Waals surface area contributed by atoms with Crippen molar-refractivity contribution >= 4 is 5.97 Å². The van der Waals surface area contributed by atoms with E-state index in [1.54, 1.807) is 0 Å². The van der Waals surface area contributed by atoms with E-state index in [4.69, 9.17) is 9.84 Å². The van der Waals surface area contributed by atoms with Gasteiger partial charge in [0.25, 0.3) is 0 Å². The lowest BCUT2D eigenvalue weighted by Gasteiger charge is -2.02. The second kappa shape index (κ2) is 5.40. The number of carboxylic acid groups (broad SMARTS) is 1. The van der Waals surface area contributed by atoms with E-state index in [9.17, 15) is 4.79 Å². The van der Waals surface area contributed by atoms with Gasteiger partial charge in [0.1, 0.15) is 6.61 Å². The van der Waals surface area contributed by atoms with Gasteiger partial charge in [-0.15, -0.1) is 0 Å². The van der Waals surface area contributed by atoms with Crippen molar-refractivity contribution in [2.75, 3.05) is 13.2 Å². The molecule has 0 radical (unpaired) electrons. The molecular weight excluding hydrogens is 180 g/mol. The van der Waals surface area contributed by atoms with Gasteiger partial charge < -0.3 is 9.84 Å². The number of rotatable bonds is 5. The largest absolute Gasteiger partial charge is 0.480 e. The molecule has 0 aliphatic carbocycles. The topological polar surface area (TPSA) is 46.5 Å². The third-order valence-corrected chi connectivity index (χ3v) is 1.84. The van der Waals surface area contributed by atoms with Gasteiger partial charge in [0.15, 0.2) is 0 Å². The highest BCUT2D eigenvalue weighted by Crippen LogP contribution is 2.04. The van der Waals surface area contributed by atoms with Gasteiger partial charge in [-0.3, -0.25) is 0 Å². The van der Waals surface area contributed by atoms with Crippen LogP contribution in [-0.4, -0.2) is 24.3 Å². The summed E-state index contributed by atoms with van der Waals surface area (Å²) in [6.07, 6.45) is 0.759. The van der Waals surface area contributed by atoms with Gasteiger partial charge in [-0.25, -0.2) is 4.79 Å². The van der Waals surface area contributed by atoms with E-state index in [1.165, 1.54) is 11.1 Å². The van der Waals surface area contributed by atoms with E-state index >= 15 is 0 Å². The maximum Gasteiger partial charge on any atom is 0.329 e. The van der Waals surface area contributed by atoms with E-state index in [0.717, 1.165) is 6.42 Å². The highest BCUT2D eigenvalue weighted by molar-refractivity contribution is 5.67. The highest BCUT2D eigenvalue weighted by atomic mass is 16.5. The van der Waals surface area contributed by atoms with Crippen molar-refractivity contribution in [3.63, 3.8) is 0 Å². The van der Waals surface area contributed by atoms with Gasteiger partial charge in [0.05, 0.1) is 6.61 Å². The van der Waals surface area contributed by atoms with Crippen molar-refractivity contribution in [2.24, 2.45) is 0 Å². The first-order chi connectivity index (χ1) is 6.68. The molecule has 76 valence electrons. The lowest BCUT2D eigenvalue weighted by atomic mass is 10.1. The van der Waals surface area contributed by atoms with Crippen molar-refractivity contribution in [1.82, 2.24) is 0 Å². The molecule has 0 amide bonds. The van der Waals surface area contributed by atoms with Crippen LogP contribution < -0.4 is 0 Å². The van der Waals surface area contributed by atoms with Crippen LogP contribution in [0.4, 0.5) is 0 Å². The Labute approximate surface area is 83.3 Å². The first-order valence-corrected chi connectivity index (χ1v) is 4.53. The van der Waals surface area contributed by atoms with Crippen LogP contribution in [0.15, 0.2) is 24.3 Å². The average molecular weight is 194 g/mol. The number of aryl methyl sites for hydroxylation is 1. The molecule has 0 saturated carbocycles. The Balaban J connectivity index is 2.28. The lowest BCUT2D eigenvalue weighted by Crippen LogP contribution is -2.09. The normalized spacial score (nSPS) is 10.1. The monoisotopic (exact) mass is 194 g/mol. The fourth-order valence-electron chi connectivity index (χ4n) is 1.22. The fourth-order valence-corrected chi connectivity index (χ4v) is 1.22. The molecule has 1 aromatic rings. The summed E-state index contributed by atoms with van der Waals surface area (Å²) in [5, 5.41) is 8.33. The first kappa shape index (κ1) is 10.7. The molecule has 0 unspecified atom stereocenters. The number of carboxylic acids is 1. The average Bonchev–Trinajstić information content (AvgIpc) is 2.12. The van der Waals surface area contributed by atoms with Crippen LogP contribution in [0.3, 0.4) is 0 Å². The maximum absolute atomic E-state index is 10.1. The minimum Gasteiger partial charge on any atom is -0.480 e. The Kier molecular flexibility index (Phi) is 4.13. The predicted molar refractivity (Wildman–Crippen MR) is 53.3 cm³/mol. The summed E-state index contributed by atoms with van der Waals surface area (Å²) in [5.74, 6) is -0.922. The van der Waals surface area contributed by atoms with Gasteiger partial charge in [-0.2, -0.15) is 0 Å². The smallest absolute Gasteiger partial charge is 0.329 e. The standard InChI is InChI=1S/C11H14O3/c1-9-3-2-4-10(7-9)5-6-14-8-11(12)13/h2-4,7H,5-6,8H2,1H3,(H,12,13). The fraction of sp³-hybridized carbons (Fsp3) is 0.364. The summed E-state index contributed by atoms with van der Waals surface area (Å²) in [6.45, 7) is 2.27. The molecule has 0 aliphatic rings. The van der Waals surface area contributed by atoms with Gasteiger partial charge in [-0.05, 0) is 18.9 Å². The second-order valence-corrected chi connectivity index (χ2v) is 3.19. The molecule has 0 atom stereocenters.